The number of aromatic hydroxyl groups is 2. The minimum absolute atomic E-state index is 0.151. The van der Waals surface area contributed by atoms with Crippen molar-refractivity contribution in [3.63, 3.8) is 0 Å². The van der Waals surface area contributed by atoms with Crippen molar-refractivity contribution in [2.75, 3.05) is 0 Å². The summed E-state index contributed by atoms with van der Waals surface area (Å²) in [6.45, 7) is 1.77. The number of carbonyl (C=O) groups is 1. The Hall–Kier alpha value is -3.01. The number of carboxylic acid groups (broad SMARTS) is 1. The molecule has 23 heavy (non-hydrogen) atoms. The number of hydrogen-bond acceptors (Lipinski definition) is 3. The molecule has 0 bridgehead atoms. The molecule has 0 aromatic heterocycles. The number of aromatic carboxylic acids is 1. The van der Waals surface area contributed by atoms with Gasteiger partial charge in [-0.15, -0.1) is 0 Å². The van der Waals surface area contributed by atoms with Crippen molar-refractivity contribution >= 4 is 16.7 Å². The monoisotopic (exact) mass is 308 g/mol. The molecule has 0 aliphatic carbocycles. The Kier molecular flexibility index (Phi) is 3.66. The molecule has 4 nitrogen and oxygen atoms in total. The Morgan fingerprint density at radius 1 is 0.913 bits per heavy atom. The second-order valence-corrected chi connectivity index (χ2v) is 5.53. The normalized spacial score (nSPS) is 10.8. The highest BCUT2D eigenvalue weighted by atomic mass is 16.4. The highest BCUT2D eigenvalue weighted by Crippen LogP contribution is 2.39. The zero-order chi connectivity index (χ0) is 16.6. The van der Waals surface area contributed by atoms with Crippen LogP contribution >= 0.6 is 0 Å². The number of benzene rings is 3. The topological polar surface area (TPSA) is 77.8 Å². The number of phenols is 2. The maximum atomic E-state index is 10.9. The summed E-state index contributed by atoms with van der Waals surface area (Å²) in [5.74, 6) is -0.660. The predicted octanol–water partition coefficient (Wildman–Crippen LogP) is 3.85. The molecule has 0 saturated heterocycles. The van der Waals surface area contributed by atoms with Gasteiger partial charge in [0.05, 0.1) is 5.56 Å². The van der Waals surface area contributed by atoms with Gasteiger partial charge in [-0.05, 0) is 30.2 Å². The molecule has 0 amide bonds. The quantitative estimate of drug-likeness (QED) is 0.642. The third-order valence-electron chi connectivity index (χ3n) is 4.11. The smallest absolute Gasteiger partial charge is 0.335 e. The van der Waals surface area contributed by atoms with Gasteiger partial charge in [-0.2, -0.15) is 0 Å². The summed E-state index contributed by atoms with van der Waals surface area (Å²) in [5.41, 5.74) is 2.35. The summed E-state index contributed by atoms with van der Waals surface area (Å²) in [6.07, 6.45) is 0.413. The number of carboxylic acids is 1. The van der Waals surface area contributed by atoms with Gasteiger partial charge in [0, 0.05) is 22.8 Å². The largest absolute Gasteiger partial charge is 0.507 e. The average molecular weight is 308 g/mol. The van der Waals surface area contributed by atoms with Crippen LogP contribution in [0.2, 0.25) is 0 Å². The molecule has 0 unspecified atom stereocenters. The minimum atomic E-state index is -0.973. The molecule has 4 heteroatoms. The SMILES string of the molecule is Cc1c(Cc2ccc(C(=O)O)cc2)c(O)c2ccccc2c1O. The first-order chi connectivity index (χ1) is 11.0. The Bertz CT molecular complexity index is 895. The molecule has 3 N–H and O–H groups in total. The Morgan fingerprint density at radius 3 is 2.04 bits per heavy atom. The first kappa shape index (κ1) is 14.9. The van der Waals surface area contributed by atoms with Gasteiger partial charge in [0.15, 0.2) is 0 Å². The van der Waals surface area contributed by atoms with Crippen LogP contribution in [0.15, 0.2) is 48.5 Å². The van der Waals surface area contributed by atoms with E-state index >= 15 is 0 Å². The summed E-state index contributed by atoms with van der Waals surface area (Å²) in [6, 6.07) is 13.6. The lowest BCUT2D eigenvalue weighted by molar-refractivity contribution is 0.0697. The van der Waals surface area contributed by atoms with Crippen LogP contribution in [-0.2, 0) is 6.42 Å². The molecule has 3 rings (SSSR count). The molecule has 0 spiro atoms. The summed E-state index contributed by atoms with van der Waals surface area (Å²) >= 11 is 0. The molecule has 0 saturated carbocycles. The first-order valence-corrected chi connectivity index (χ1v) is 7.23. The lowest BCUT2D eigenvalue weighted by Gasteiger charge is -2.14. The molecular formula is C19H16O4. The molecule has 0 heterocycles. The molecule has 0 radical (unpaired) electrons. The number of phenolic OH excluding ortho intramolecular Hbond substituents is 2. The van der Waals surface area contributed by atoms with Crippen molar-refractivity contribution in [2.45, 2.75) is 13.3 Å². The van der Waals surface area contributed by atoms with E-state index in [2.05, 4.69) is 0 Å². The van der Waals surface area contributed by atoms with Gasteiger partial charge in [-0.3, -0.25) is 0 Å². The number of hydrogen-bond donors (Lipinski definition) is 3. The summed E-state index contributed by atoms with van der Waals surface area (Å²) < 4.78 is 0. The average Bonchev–Trinajstić information content (AvgIpc) is 2.57. The number of rotatable bonds is 3. The van der Waals surface area contributed by atoms with E-state index in [0.29, 0.717) is 28.3 Å². The van der Waals surface area contributed by atoms with Crippen LogP contribution in [0.1, 0.15) is 27.0 Å². The highest BCUT2D eigenvalue weighted by Gasteiger charge is 2.16. The Balaban J connectivity index is 2.08. The van der Waals surface area contributed by atoms with Crippen LogP contribution in [0.3, 0.4) is 0 Å². The third kappa shape index (κ3) is 2.59. The predicted molar refractivity (Wildman–Crippen MR) is 88.2 cm³/mol. The molecule has 0 fully saturated rings. The van der Waals surface area contributed by atoms with Gasteiger partial charge in [0.2, 0.25) is 0 Å². The van der Waals surface area contributed by atoms with Gasteiger partial charge in [-0.25, -0.2) is 4.79 Å². The van der Waals surface area contributed by atoms with Crippen LogP contribution < -0.4 is 0 Å². The minimum Gasteiger partial charge on any atom is -0.507 e. The van der Waals surface area contributed by atoms with Crippen LogP contribution in [-0.4, -0.2) is 21.3 Å². The van der Waals surface area contributed by atoms with E-state index < -0.39 is 5.97 Å². The lowest BCUT2D eigenvalue weighted by Crippen LogP contribution is -1.98. The standard InChI is InChI=1S/C19H16O4/c1-11-16(10-12-6-8-13(9-7-12)19(22)23)18(21)15-5-3-2-4-14(15)17(11)20/h2-9,20-21H,10H2,1H3,(H,22,23). The molecule has 0 atom stereocenters. The second kappa shape index (κ2) is 5.65. The Morgan fingerprint density at radius 2 is 1.48 bits per heavy atom. The first-order valence-electron chi connectivity index (χ1n) is 7.23. The van der Waals surface area contributed by atoms with Gasteiger partial charge in [0.25, 0.3) is 0 Å². The fraction of sp³-hybridized carbons (Fsp3) is 0.105. The van der Waals surface area contributed by atoms with E-state index in [4.69, 9.17) is 5.11 Å². The van der Waals surface area contributed by atoms with E-state index in [0.717, 1.165) is 5.56 Å². The van der Waals surface area contributed by atoms with Crippen LogP contribution in [0, 0.1) is 6.92 Å². The molecule has 0 aliphatic rings. The van der Waals surface area contributed by atoms with Crippen molar-refractivity contribution in [1.29, 1.82) is 0 Å². The van der Waals surface area contributed by atoms with Crippen molar-refractivity contribution in [3.05, 3.63) is 70.8 Å². The van der Waals surface area contributed by atoms with Crippen molar-refractivity contribution < 1.29 is 20.1 Å². The highest BCUT2D eigenvalue weighted by molar-refractivity contribution is 5.95. The van der Waals surface area contributed by atoms with Gasteiger partial charge in [-0.1, -0.05) is 36.4 Å². The van der Waals surface area contributed by atoms with Crippen LogP contribution in [0.4, 0.5) is 0 Å². The van der Waals surface area contributed by atoms with E-state index in [1.165, 1.54) is 12.1 Å². The zero-order valence-electron chi connectivity index (χ0n) is 12.6. The lowest BCUT2D eigenvalue weighted by atomic mass is 9.94. The maximum Gasteiger partial charge on any atom is 0.335 e. The molecular weight excluding hydrogens is 292 g/mol. The van der Waals surface area contributed by atoms with Crippen LogP contribution in [0.25, 0.3) is 10.8 Å². The van der Waals surface area contributed by atoms with E-state index in [-0.39, 0.29) is 17.1 Å². The van der Waals surface area contributed by atoms with Crippen molar-refractivity contribution in [3.8, 4) is 11.5 Å². The zero-order valence-corrected chi connectivity index (χ0v) is 12.6. The molecule has 3 aromatic carbocycles. The fourth-order valence-electron chi connectivity index (χ4n) is 2.77. The summed E-state index contributed by atoms with van der Waals surface area (Å²) in [4.78, 5) is 10.9. The van der Waals surface area contributed by atoms with Gasteiger partial charge >= 0.3 is 5.97 Å². The Labute approximate surface area is 133 Å². The third-order valence-corrected chi connectivity index (χ3v) is 4.11. The van der Waals surface area contributed by atoms with Crippen molar-refractivity contribution in [1.82, 2.24) is 0 Å². The van der Waals surface area contributed by atoms with E-state index in [1.54, 1.807) is 31.2 Å². The van der Waals surface area contributed by atoms with Gasteiger partial charge in [0.1, 0.15) is 11.5 Å². The van der Waals surface area contributed by atoms with Crippen LogP contribution in [0.5, 0.6) is 11.5 Å². The van der Waals surface area contributed by atoms with E-state index in [9.17, 15) is 15.0 Å². The second-order valence-electron chi connectivity index (χ2n) is 5.53. The summed E-state index contributed by atoms with van der Waals surface area (Å²) in [5, 5.41) is 31.1. The summed E-state index contributed by atoms with van der Waals surface area (Å²) in [7, 11) is 0. The maximum absolute atomic E-state index is 10.9. The molecule has 116 valence electrons. The fourth-order valence-corrected chi connectivity index (χ4v) is 2.77. The van der Waals surface area contributed by atoms with Crippen molar-refractivity contribution in [2.24, 2.45) is 0 Å². The van der Waals surface area contributed by atoms with Gasteiger partial charge < -0.3 is 15.3 Å². The molecule has 0 aliphatic heterocycles. The number of fused-ring (bicyclic) bond motifs is 1. The van der Waals surface area contributed by atoms with E-state index in [1.807, 2.05) is 12.1 Å². The molecule has 3 aromatic rings.